The lowest BCUT2D eigenvalue weighted by Crippen LogP contribution is -1.81. The van der Waals surface area contributed by atoms with Crippen LogP contribution in [0, 0.1) is 5.82 Å². The van der Waals surface area contributed by atoms with Crippen LogP contribution in [0.4, 0.5) is 4.39 Å². The number of halogens is 2. The van der Waals surface area contributed by atoms with Gasteiger partial charge in [-0.3, -0.25) is 0 Å². The van der Waals surface area contributed by atoms with Crippen LogP contribution in [-0.4, -0.2) is 15.2 Å². The van der Waals surface area contributed by atoms with Gasteiger partial charge >= 0.3 is 0 Å². The molecule has 0 unspecified atom stereocenters. The molecule has 4 nitrogen and oxygen atoms in total. The second-order valence-electron chi connectivity index (χ2n) is 6.09. The first kappa shape index (κ1) is 17.0. The standard InChI is InChI=1S/C21H11ClFN3OS/c22-14-7-3-12(4-8-14)17-16-2-1-11-24-21(16)28-18(17)20-26-25-19(27-20)13-5-9-15(23)10-6-13/h1-11H. The van der Waals surface area contributed by atoms with Gasteiger partial charge in [-0.15, -0.1) is 21.5 Å². The summed E-state index contributed by atoms with van der Waals surface area (Å²) in [4.78, 5) is 6.18. The molecule has 0 aliphatic carbocycles. The topological polar surface area (TPSA) is 51.8 Å². The Morgan fingerprint density at radius 2 is 1.57 bits per heavy atom. The zero-order valence-corrected chi connectivity index (χ0v) is 15.8. The third-order valence-electron chi connectivity index (χ3n) is 4.31. The molecule has 7 heteroatoms. The predicted molar refractivity (Wildman–Crippen MR) is 109 cm³/mol. The predicted octanol–water partition coefficient (Wildman–Crippen LogP) is 6.47. The van der Waals surface area contributed by atoms with Crippen molar-refractivity contribution in [2.45, 2.75) is 0 Å². The first-order valence-corrected chi connectivity index (χ1v) is 9.62. The summed E-state index contributed by atoms with van der Waals surface area (Å²) >= 11 is 7.54. The molecule has 0 aliphatic heterocycles. The third-order valence-corrected chi connectivity index (χ3v) is 5.66. The van der Waals surface area contributed by atoms with Gasteiger partial charge in [-0.1, -0.05) is 23.7 Å². The minimum absolute atomic E-state index is 0.316. The van der Waals surface area contributed by atoms with Gasteiger partial charge in [-0.25, -0.2) is 9.37 Å². The number of thiophene rings is 1. The van der Waals surface area contributed by atoms with Gasteiger partial charge < -0.3 is 4.42 Å². The molecule has 0 spiro atoms. The molecule has 0 bridgehead atoms. The Labute approximate surface area is 168 Å². The Kier molecular flexibility index (Phi) is 4.15. The fourth-order valence-corrected chi connectivity index (χ4v) is 4.22. The van der Waals surface area contributed by atoms with Gasteiger partial charge in [0.1, 0.15) is 15.5 Å². The van der Waals surface area contributed by atoms with Crippen molar-refractivity contribution in [1.82, 2.24) is 15.2 Å². The molecule has 0 radical (unpaired) electrons. The fraction of sp³-hybridized carbons (Fsp3) is 0. The van der Waals surface area contributed by atoms with Crippen LogP contribution in [0.15, 0.2) is 71.3 Å². The highest BCUT2D eigenvalue weighted by Crippen LogP contribution is 2.44. The van der Waals surface area contributed by atoms with Crippen molar-refractivity contribution in [1.29, 1.82) is 0 Å². The normalized spacial score (nSPS) is 11.2. The summed E-state index contributed by atoms with van der Waals surface area (Å²) in [6, 6.07) is 17.5. The van der Waals surface area contributed by atoms with Crippen LogP contribution in [0.5, 0.6) is 0 Å². The van der Waals surface area contributed by atoms with Gasteiger partial charge in [0.2, 0.25) is 5.89 Å². The molecule has 0 N–H and O–H groups in total. The van der Waals surface area contributed by atoms with Gasteiger partial charge in [-0.05, 0) is 54.1 Å². The minimum atomic E-state index is -0.316. The maximum Gasteiger partial charge on any atom is 0.258 e. The molecular weight excluding hydrogens is 397 g/mol. The smallest absolute Gasteiger partial charge is 0.258 e. The van der Waals surface area contributed by atoms with Crippen molar-refractivity contribution >= 4 is 33.2 Å². The average molecular weight is 408 g/mol. The fourth-order valence-electron chi connectivity index (χ4n) is 3.01. The molecule has 28 heavy (non-hydrogen) atoms. The van der Waals surface area contributed by atoms with Crippen molar-refractivity contribution in [3.63, 3.8) is 0 Å². The second kappa shape index (κ2) is 6.82. The molecule has 0 fully saturated rings. The van der Waals surface area contributed by atoms with E-state index in [4.69, 9.17) is 16.0 Å². The van der Waals surface area contributed by atoms with Gasteiger partial charge in [0.05, 0.1) is 0 Å². The Bertz CT molecular complexity index is 1280. The zero-order chi connectivity index (χ0) is 19.1. The molecular formula is C21H11ClFN3OS. The summed E-state index contributed by atoms with van der Waals surface area (Å²) < 4.78 is 19.1. The van der Waals surface area contributed by atoms with E-state index in [2.05, 4.69) is 15.2 Å². The second-order valence-corrected chi connectivity index (χ2v) is 7.52. The third kappa shape index (κ3) is 2.96. The monoisotopic (exact) mass is 407 g/mol. The number of nitrogens with zero attached hydrogens (tertiary/aromatic N) is 3. The largest absolute Gasteiger partial charge is 0.415 e. The molecule has 0 saturated heterocycles. The first-order valence-electron chi connectivity index (χ1n) is 8.42. The summed E-state index contributed by atoms with van der Waals surface area (Å²) in [5.41, 5.74) is 2.62. The lowest BCUT2D eigenvalue weighted by Gasteiger charge is -2.03. The summed E-state index contributed by atoms with van der Waals surface area (Å²) in [6.45, 7) is 0. The van der Waals surface area contributed by atoms with Gasteiger partial charge in [0, 0.05) is 27.7 Å². The molecule has 0 saturated carbocycles. The molecule has 5 rings (SSSR count). The molecule has 3 aromatic heterocycles. The SMILES string of the molecule is Fc1ccc(-c2nnc(-c3sc4ncccc4c3-c3ccc(Cl)cc3)o2)cc1. The van der Waals surface area contributed by atoms with Crippen molar-refractivity contribution in [3.05, 3.63) is 77.7 Å². The summed E-state index contributed by atoms with van der Waals surface area (Å²) in [5, 5.41) is 10.0. The van der Waals surface area contributed by atoms with Gasteiger partial charge in [0.15, 0.2) is 0 Å². The molecule has 0 atom stereocenters. The van der Waals surface area contributed by atoms with E-state index in [9.17, 15) is 4.39 Å². The van der Waals surface area contributed by atoms with E-state index >= 15 is 0 Å². The Balaban J connectivity index is 1.68. The first-order chi connectivity index (χ1) is 13.7. The number of hydrogen-bond donors (Lipinski definition) is 0. The number of benzene rings is 2. The molecule has 0 aliphatic rings. The maximum atomic E-state index is 13.2. The van der Waals surface area contributed by atoms with Crippen LogP contribution in [0.1, 0.15) is 0 Å². The van der Waals surface area contributed by atoms with Crippen LogP contribution >= 0.6 is 22.9 Å². The van der Waals surface area contributed by atoms with Crippen molar-refractivity contribution in [3.8, 4) is 33.3 Å². The van der Waals surface area contributed by atoms with Crippen molar-refractivity contribution < 1.29 is 8.81 Å². The highest BCUT2D eigenvalue weighted by molar-refractivity contribution is 7.22. The Hall–Kier alpha value is -3.09. The van der Waals surface area contributed by atoms with Gasteiger partial charge in [0.25, 0.3) is 5.89 Å². The van der Waals surface area contributed by atoms with Gasteiger partial charge in [-0.2, -0.15) is 0 Å². The number of fused-ring (bicyclic) bond motifs is 1. The number of rotatable bonds is 3. The summed E-state index contributed by atoms with van der Waals surface area (Å²) in [7, 11) is 0. The lowest BCUT2D eigenvalue weighted by molar-refractivity contribution is 0.585. The number of pyridine rings is 1. The lowest BCUT2D eigenvalue weighted by atomic mass is 10.0. The molecule has 3 heterocycles. The van der Waals surface area contributed by atoms with E-state index < -0.39 is 0 Å². The van der Waals surface area contributed by atoms with Crippen molar-refractivity contribution in [2.24, 2.45) is 0 Å². The van der Waals surface area contributed by atoms with Crippen LogP contribution in [0.2, 0.25) is 5.02 Å². The average Bonchev–Trinajstić information content (AvgIpc) is 3.34. The van der Waals surface area contributed by atoms with Crippen LogP contribution in [-0.2, 0) is 0 Å². The molecule has 5 aromatic rings. The van der Waals surface area contributed by atoms with Crippen LogP contribution in [0.3, 0.4) is 0 Å². The minimum Gasteiger partial charge on any atom is -0.415 e. The quantitative estimate of drug-likeness (QED) is 0.344. The van der Waals surface area contributed by atoms with E-state index in [1.165, 1.54) is 23.5 Å². The van der Waals surface area contributed by atoms with E-state index in [-0.39, 0.29) is 5.82 Å². The highest BCUT2D eigenvalue weighted by atomic mass is 35.5. The highest BCUT2D eigenvalue weighted by Gasteiger charge is 2.21. The summed E-state index contributed by atoms with van der Waals surface area (Å²) in [6.07, 6.45) is 1.76. The van der Waals surface area contributed by atoms with E-state index in [1.54, 1.807) is 18.3 Å². The molecule has 136 valence electrons. The maximum absolute atomic E-state index is 13.2. The Morgan fingerprint density at radius 1 is 0.857 bits per heavy atom. The molecule has 2 aromatic carbocycles. The number of aromatic nitrogens is 3. The molecule has 0 amide bonds. The summed E-state index contributed by atoms with van der Waals surface area (Å²) in [5.74, 6) is 0.416. The Morgan fingerprint density at radius 3 is 2.36 bits per heavy atom. The van der Waals surface area contributed by atoms with Crippen LogP contribution in [0.25, 0.3) is 43.6 Å². The van der Waals surface area contributed by atoms with Crippen LogP contribution < -0.4 is 0 Å². The zero-order valence-electron chi connectivity index (χ0n) is 14.3. The van der Waals surface area contributed by atoms with E-state index in [1.807, 2.05) is 36.4 Å². The number of hydrogen-bond acceptors (Lipinski definition) is 5. The van der Waals surface area contributed by atoms with E-state index in [0.717, 1.165) is 26.2 Å². The van der Waals surface area contributed by atoms with E-state index in [0.29, 0.717) is 22.4 Å². The van der Waals surface area contributed by atoms with Crippen molar-refractivity contribution in [2.75, 3.05) is 0 Å².